The molecule has 230 valence electrons. The Kier molecular flexibility index (Phi) is 10.4. The number of nitrogens with one attached hydrogen (secondary N) is 1. The molecule has 2 aromatic heterocycles. The topological polar surface area (TPSA) is 128 Å². The highest BCUT2D eigenvalue weighted by atomic mass is 32.2. The van der Waals surface area contributed by atoms with E-state index in [0.717, 1.165) is 15.7 Å². The summed E-state index contributed by atoms with van der Waals surface area (Å²) in [6, 6.07) is 11.2. The molecule has 0 spiro atoms. The van der Waals surface area contributed by atoms with Gasteiger partial charge < -0.3 is 28.8 Å². The highest BCUT2D eigenvalue weighted by Gasteiger charge is 2.21. The maximum atomic E-state index is 13.3. The second-order valence-corrected chi connectivity index (χ2v) is 10.5. The summed E-state index contributed by atoms with van der Waals surface area (Å²) < 4.78 is 26.2. The third-order valence-electron chi connectivity index (χ3n) is 6.78. The molecule has 0 aliphatic heterocycles. The number of benzene rings is 2. The molecule has 0 bridgehead atoms. The molecule has 0 aliphatic rings. The van der Waals surface area contributed by atoms with E-state index < -0.39 is 11.2 Å². The summed E-state index contributed by atoms with van der Waals surface area (Å²) in [5, 5.41) is 3.37. The van der Waals surface area contributed by atoms with Crippen LogP contribution in [0.5, 0.6) is 23.0 Å². The number of ether oxygens (including phenoxy) is 4. The van der Waals surface area contributed by atoms with Crippen molar-refractivity contribution >= 4 is 28.8 Å². The number of hydrogen-bond donors (Lipinski definition) is 1. The minimum atomic E-state index is -0.480. The van der Waals surface area contributed by atoms with Gasteiger partial charge in [-0.1, -0.05) is 23.9 Å². The first-order valence-electron chi connectivity index (χ1n) is 13.9. The van der Waals surface area contributed by atoms with Crippen molar-refractivity contribution < 1.29 is 23.7 Å². The monoisotopic (exact) mass is 611 g/mol. The Hall–Kier alpha value is -4.39. The Balaban J connectivity index is 1.56. The number of hydrogen-bond acceptors (Lipinski definition) is 9. The molecule has 1 N–H and O–H groups in total. The van der Waals surface area contributed by atoms with Crippen molar-refractivity contribution in [1.82, 2.24) is 24.0 Å². The number of imidazole rings is 1. The van der Waals surface area contributed by atoms with Crippen LogP contribution in [0.25, 0.3) is 11.2 Å². The van der Waals surface area contributed by atoms with E-state index in [-0.39, 0.29) is 29.4 Å². The Morgan fingerprint density at radius 3 is 2.23 bits per heavy atom. The molecular formula is C30H37N5O7S. The van der Waals surface area contributed by atoms with Crippen molar-refractivity contribution in [1.29, 1.82) is 0 Å². The Morgan fingerprint density at radius 1 is 0.884 bits per heavy atom. The number of rotatable bonds is 14. The van der Waals surface area contributed by atoms with Gasteiger partial charge in [-0.2, -0.15) is 0 Å². The summed E-state index contributed by atoms with van der Waals surface area (Å²) in [6.07, 6.45) is 0.604. The molecule has 0 radical (unpaired) electrons. The highest BCUT2D eigenvalue weighted by molar-refractivity contribution is 7.99. The summed E-state index contributed by atoms with van der Waals surface area (Å²) in [5.74, 6) is 2.36. The van der Waals surface area contributed by atoms with Gasteiger partial charge in [0, 0.05) is 20.6 Å². The molecule has 0 unspecified atom stereocenters. The summed E-state index contributed by atoms with van der Waals surface area (Å²) in [4.78, 5) is 43.3. The maximum Gasteiger partial charge on any atom is 0.332 e. The Labute approximate surface area is 253 Å². The van der Waals surface area contributed by atoms with Gasteiger partial charge in [0.25, 0.3) is 5.56 Å². The first kappa shape index (κ1) is 31.5. The van der Waals surface area contributed by atoms with E-state index in [2.05, 4.69) is 10.3 Å². The van der Waals surface area contributed by atoms with Crippen LogP contribution < -0.4 is 35.5 Å². The molecule has 2 aromatic carbocycles. The molecule has 4 rings (SSSR count). The van der Waals surface area contributed by atoms with Crippen molar-refractivity contribution in [2.24, 2.45) is 14.1 Å². The zero-order valence-corrected chi connectivity index (χ0v) is 26.1. The van der Waals surface area contributed by atoms with Gasteiger partial charge >= 0.3 is 5.69 Å². The smallest absolute Gasteiger partial charge is 0.332 e. The number of fused-ring (bicyclic) bond motifs is 1. The van der Waals surface area contributed by atoms with Crippen LogP contribution in [-0.4, -0.2) is 64.3 Å². The SMILES string of the molecule is CCOc1ccc(Cn2c(SCC(=O)NCCc3ccc(OC)c(OC)c3)nc3c2c(=O)n(C)c(=O)n3C)cc1OCC. The normalized spacial score (nSPS) is 11.0. The molecule has 1 amide bonds. The fourth-order valence-corrected chi connectivity index (χ4v) is 5.45. The predicted octanol–water partition coefficient (Wildman–Crippen LogP) is 2.75. The number of carbonyl (C=O) groups is 1. The van der Waals surface area contributed by atoms with Crippen LogP contribution in [0.1, 0.15) is 25.0 Å². The van der Waals surface area contributed by atoms with Crippen LogP contribution in [0, 0.1) is 0 Å². The van der Waals surface area contributed by atoms with Crippen LogP contribution in [0.4, 0.5) is 0 Å². The lowest BCUT2D eigenvalue weighted by Crippen LogP contribution is -2.37. The van der Waals surface area contributed by atoms with Gasteiger partial charge in [-0.25, -0.2) is 9.78 Å². The molecule has 0 aliphatic carbocycles. The van der Waals surface area contributed by atoms with Crippen molar-refractivity contribution in [3.63, 3.8) is 0 Å². The van der Waals surface area contributed by atoms with Crippen LogP contribution in [-0.2, 0) is 31.9 Å². The summed E-state index contributed by atoms with van der Waals surface area (Å²) in [7, 11) is 6.16. The zero-order valence-electron chi connectivity index (χ0n) is 25.3. The van der Waals surface area contributed by atoms with Gasteiger partial charge in [-0.05, 0) is 55.7 Å². The number of methoxy groups -OCH3 is 2. The molecule has 4 aromatic rings. The van der Waals surface area contributed by atoms with Crippen molar-refractivity contribution in [3.8, 4) is 23.0 Å². The molecule has 0 atom stereocenters. The first-order valence-corrected chi connectivity index (χ1v) is 14.9. The lowest BCUT2D eigenvalue weighted by molar-refractivity contribution is -0.118. The van der Waals surface area contributed by atoms with E-state index in [4.69, 9.17) is 18.9 Å². The summed E-state index contributed by atoms with van der Waals surface area (Å²) in [6.45, 7) is 5.43. The Bertz CT molecular complexity index is 1730. The van der Waals surface area contributed by atoms with Gasteiger partial charge in [-0.15, -0.1) is 0 Å². The summed E-state index contributed by atoms with van der Waals surface area (Å²) in [5.41, 5.74) is 1.40. The third kappa shape index (κ3) is 6.99. The largest absolute Gasteiger partial charge is 0.493 e. The fourth-order valence-electron chi connectivity index (χ4n) is 4.62. The number of carbonyl (C=O) groups excluding carboxylic acids is 1. The van der Waals surface area contributed by atoms with Gasteiger partial charge in [0.15, 0.2) is 39.3 Å². The summed E-state index contributed by atoms with van der Waals surface area (Å²) >= 11 is 1.20. The number of nitrogens with zero attached hydrogens (tertiary/aromatic N) is 4. The van der Waals surface area contributed by atoms with Crippen LogP contribution >= 0.6 is 11.8 Å². The molecule has 0 fully saturated rings. The van der Waals surface area contributed by atoms with Crippen LogP contribution in [0.15, 0.2) is 51.1 Å². The third-order valence-corrected chi connectivity index (χ3v) is 7.75. The molecular weight excluding hydrogens is 574 g/mol. The van der Waals surface area contributed by atoms with Crippen LogP contribution in [0.3, 0.4) is 0 Å². The maximum absolute atomic E-state index is 13.3. The van der Waals surface area contributed by atoms with Crippen molar-refractivity contribution in [2.45, 2.75) is 32.0 Å². The quantitative estimate of drug-likeness (QED) is 0.214. The molecule has 12 nitrogen and oxygen atoms in total. The number of thioether (sulfide) groups is 1. The standard InChI is InChI=1S/C30H37N5O7S/c1-7-41-22-12-10-20(16-24(22)42-8-2)17-35-26-27(33(3)30(38)34(4)28(26)37)32-29(35)43-18-25(36)31-14-13-19-9-11-21(39-5)23(15-19)40-6/h9-12,15-16H,7-8,13-14,17-18H2,1-6H3,(H,31,36). The van der Waals surface area contributed by atoms with E-state index in [1.54, 1.807) is 25.8 Å². The van der Waals surface area contributed by atoms with E-state index in [1.165, 1.54) is 23.4 Å². The second kappa shape index (κ2) is 14.2. The molecule has 43 heavy (non-hydrogen) atoms. The average Bonchev–Trinajstić information content (AvgIpc) is 3.37. The van der Waals surface area contributed by atoms with E-state index in [1.807, 2.05) is 50.2 Å². The number of aryl methyl sites for hydroxylation is 1. The van der Waals surface area contributed by atoms with E-state index in [9.17, 15) is 14.4 Å². The van der Waals surface area contributed by atoms with Crippen molar-refractivity contribution in [3.05, 3.63) is 68.4 Å². The van der Waals surface area contributed by atoms with E-state index >= 15 is 0 Å². The highest BCUT2D eigenvalue weighted by Crippen LogP contribution is 2.31. The second-order valence-electron chi connectivity index (χ2n) is 9.58. The van der Waals surface area contributed by atoms with Gasteiger partial charge in [0.2, 0.25) is 5.91 Å². The molecule has 0 saturated carbocycles. The Morgan fingerprint density at radius 2 is 1.53 bits per heavy atom. The molecule has 13 heteroatoms. The van der Waals surface area contributed by atoms with Crippen LogP contribution in [0.2, 0.25) is 0 Å². The minimum absolute atomic E-state index is 0.0665. The average molecular weight is 612 g/mol. The number of aromatic nitrogens is 4. The minimum Gasteiger partial charge on any atom is -0.493 e. The molecule has 2 heterocycles. The zero-order chi connectivity index (χ0) is 31.1. The lowest BCUT2D eigenvalue weighted by Gasteiger charge is -2.14. The molecule has 0 saturated heterocycles. The van der Waals surface area contributed by atoms with Crippen molar-refractivity contribution in [2.75, 3.05) is 39.7 Å². The first-order chi connectivity index (χ1) is 20.7. The van der Waals surface area contributed by atoms with Gasteiger partial charge in [-0.3, -0.25) is 18.7 Å². The lowest BCUT2D eigenvalue weighted by atomic mass is 10.1. The van der Waals surface area contributed by atoms with Gasteiger partial charge in [0.05, 0.1) is 39.7 Å². The van der Waals surface area contributed by atoms with E-state index in [0.29, 0.717) is 54.3 Å². The van der Waals surface area contributed by atoms with Gasteiger partial charge in [0.1, 0.15) is 0 Å². The fraction of sp³-hybridized carbons (Fsp3) is 0.400. The number of amides is 1. The predicted molar refractivity (Wildman–Crippen MR) is 165 cm³/mol.